The number of ether oxygens (including phenoxy) is 6. The van der Waals surface area contributed by atoms with E-state index < -0.39 is 72.3 Å². The van der Waals surface area contributed by atoms with Crippen LogP contribution in [0, 0.1) is 13.8 Å². The molecule has 18 nitrogen and oxygen atoms in total. The van der Waals surface area contributed by atoms with Crippen LogP contribution in [0.5, 0.6) is 5.75 Å². The van der Waals surface area contributed by atoms with E-state index in [1.807, 2.05) is 0 Å². The van der Waals surface area contributed by atoms with Gasteiger partial charge in [-0.25, -0.2) is 24.0 Å². The normalized spacial score (nSPS) is 15.7. The van der Waals surface area contributed by atoms with Gasteiger partial charge >= 0.3 is 29.8 Å². The minimum atomic E-state index is -1.54. The van der Waals surface area contributed by atoms with Crippen molar-refractivity contribution >= 4 is 64.8 Å². The number of hydrogen-bond acceptors (Lipinski definition) is 15. The van der Waals surface area contributed by atoms with Crippen LogP contribution in [0.2, 0.25) is 0 Å². The number of benzene rings is 1. The molecule has 2 heterocycles. The van der Waals surface area contributed by atoms with Gasteiger partial charge in [-0.05, 0) is 105 Å². The van der Waals surface area contributed by atoms with E-state index in [0.717, 1.165) is 19.6 Å². The number of rotatable bonds is 20. The van der Waals surface area contributed by atoms with E-state index in [9.17, 15) is 38.4 Å². The zero-order valence-electron chi connectivity index (χ0n) is 35.3. The largest absolute Gasteiger partial charge is 0.479 e. The summed E-state index contributed by atoms with van der Waals surface area (Å²) in [7, 11) is 0. The number of amides is 2. The Bertz CT molecular complexity index is 1970. The van der Waals surface area contributed by atoms with Crippen molar-refractivity contribution in [3.05, 3.63) is 46.3 Å². The summed E-state index contributed by atoms with van der Waals surface area (Å²) in [5.74, 6) is -6.07. The fourth-order valence-electron chi connectivity index (χ4n) is 5.62. The molecule has 1 aliphatic heterocycles. The summed E-state index contributed by atoms with van der Waals surface area (Å²) < 4.78 is 30.9. The third-order valence-corrected chi connectivity index (χ3v) is 9.38. The maximum absolute atomic E-state index is 13.1. The molecule has 0 saturated carbocycles. The second-order valence-corrected chi connectivity index (χ2v) is 13.9. The molecule has 18 heteroatoms. The van der Waals surface area contributed by atoms with Crippen LogP contribution in [-0.4, -0.2) is 120 Å². The molecule has 0 spiro atoms. The number of aromatic amines is 1. The lowest BCUT2D eigenvalue weighted by molar-refractivity contribution is -0.186. The number of hydrogen-bond donors (Lipinski definition) is 3. The lowest BCUT2D eigenvalue weighted by Crippen LogP contribution is -2.39. The van der Waals surface area contributed by atoms with Crippen LogP contribution in [-0.2, 0) is 57.2 Å². The highest BCUT2D eigenvalue weighted by molar-refractivity contribution is 6.35. The van der Waals surface area contributed by atoms with Crippen molar-refractivity contribution in [3.8, 4) is 5.75 Å². The molecule has 3 N–H and O–H groups in total. The first-order valence-corrected chi connectivity index (χ1v) is 19.2. The second kappa shape index (κ2) is 21.1. The Morgan fingerprint density at radius 1 is 0.729 bits per heavy atom. The molecule has 59 heavy (non-hydrogen) atoms. The van der Waals surface area contributed by atoms with Gasteiger partial charge in [0.05, 0.1) is 11.1 Å². The summed E-state index contributed by atoms with van der Waals surface area (Å²) in [6.45, 7) is 19.4. The quantitative estimate of drug-likeness (QED) is 0.0988. The van der Waals surface area contributed by atoms with Crippen molar-refractivity contribution in [3.63, 3.8) is 0 Å². The van der Waals surface area contributed by atoms with Crippen LogP contribution >= 0.6 is 0 Å². The van der Waals surface area contributed by atoms with Gasteiger partial charge in [0.25, 0.3) is 11.8 Å². The van der Waals surface area contributed by atoms with Crippen molar-refractivity contribution in [2.45, 2.75) is 113 Å². The number of esters is 5. The Labute approximate surface area is 342 Å². The van der Waals surface area contributed by atoms with Gasteiger partial charge in [0.15, 0.2) is 42.4 Å². The van der Waals surface area contributed by atoms with E-state index in [0.29, 0.717) is 45.9 Å². The molecule has 2 amide bonds. The number of ketones is 1. The average molecular weight is 827 g/mol. The van der Waals surface area contributed by atoms with Crippen LogP contribution in [0.1, 0.15) is 95.2 Å². The van der Waals surface area contributed by atoms with Crippen molar-refractivity contribution < 1.29 is 66.8 Å². The van der Waals surface area contributed by atoms with Crippen molar-refractivity contribution in [1.29, 1.82) is 0 Å². The van der Waals surface area contributed by atoms with Gasteiger partial charge in [-0.15, -0.1) is 0 Å². The van der Waals surface area contributed by atoms with Crippen LogP contribution in [0.3, 0.4) is 0 Å². The van der Waals surface area contributed by atoms with Crippen LogP contribution in [0.4, 0.5) is 5.69 Å². The minimum absolute atomic E-state index is 0.208. The van der Waals surface area contributed by atoms with Gasteiger partial charge in [-0.2, -0.15) is 0 Å². The number of carbonyl (C=O) groups excluding carboxylic acids is 8. The van der Waals surface area contributed by atoms with E-state index in [4.69, 9.17) is 28.4 Å². The molecule has 1 aromatic carbocycles. The fourth-order valence-corrected chi connectivity index (χ4v) is 5.62. The molecule has 1 aromatic heterocycles. The summed E-state index contributed by atoms with van der Waals surface area (Å²) >= 11 is 0. The number of carbonyl (C=O) groups is 8. The van der Waals surface area contributed by atoms with Gasteiger partial charge < -0.3 is 48.9 Å². The summed E-state index contributed by atoms with van der Waals surface area (Å²) in [6.07, 6.45) is -6.60. The summed E-state index contributed by atoms with van der Waals surface area (Å²) in [5.41, 5.74) is 3.67. The number of aryl methyl sites for hydroxylation is 1. The number of likely N-dealkylation sites (N-methyl/N-ethyl adjacent to an activating group) is 1. The number of fused-ring (bicyclic) bond motifs is 1. The van der Waals surface area contributed by atoms with E-state index >= 15 is 0 Å². The number of aromatic nitrogens is 1. The Morgan fingerprint density at radius 2 is 1.20 bits per heavy atom. The number of anilines is 1. The maximum atomic E-state index is 13.1. The van der Waals surface area contributed by atoms with E-state index in [1.54, 1.807) is 38.1 Å². The van der Waals surface area contributed by atoms with Gasteiger partial charge in [0.1, 0.15) is 5.75 Å². The van der Waals surface area contributed by atoms with Gasteiger partial charge in [0, 0.05) is 35.7 Å². The fraction of sp³-hybridized carbons (Fsp3) is 0.512. The number of nitrogens with zero attached hydrogens (tertiary/aromatic N) is 1. The zero-order valence-corrected chi connectivity index (χ0v) is 35.3. The van der Waals surface area contributed by atoms with Gasteiger partial charge in [0.2, 0.25) is 0 Å². The van der Waals surface area contributed by atoms with Crippen LogP contribution in [0.15, 0.2) is 18.2 Å². The average Bonchev–Trinajstić information content (AvgIpc) is 3.64. The highest BCUT2D eigenvalue weighted by Gasteiger charge is 2.32. The highest BCUT2D eigenvalue weighted by atomic mass is 16.6. The molecule has 6 atom stereocenters. The molecule has 3 rings (SSSR count). The molecule has 2 aromatic rings. The van der Waals surface area contributed by atoms with Crippen molar-refractivity contribution in [2.24, 2.45) is 0 Å². The Morgan fingerprint density at radius 3 is 1.68 bits per heavy atom. The second-order valence-electron chi connectivity index (χ2n) is 13.9. The molecular weight excluding hydrogens is 772 g/mol. The predicted octanol–water partition coefficient (Wildman–Crippen LogP) is 3.21. The number of nitrogens with one attached hydrogen (secondary N) is 3. The van der Waals surface area contributed by atoms with Crippen LogP contribution < -0.4 is 15.4 Å². The Balaban J connectivity index is 1.57. The molecule has 0 aliphatic carbocycles. The molecular formula is C41H54N4O14. The monoisotopic (exact) mass is 826 g/mol. The van der Waals surface area contributed by atoms with Crippen LogP contribution in [0.25, 0.3) is 11.6 Å². The third kappa shape index (κ3) is 12.7. The molecule has 322 valence electrons. The maximum Gasteiger partial charge on any atom is 0.347 e. The molecule has 1 aliphatic rings. The lowest BCUT2D eigenvalue weighted by atomic mass is 10.0. The summed E-state index contributed by atoms with van der Waals surface area (Å²) in [6, 6.07) is 4.72. The van der Waals surface area contributed by atoms with E-state index in [1.165, 1.54) is 48.5 Å². The highest BCUT2D eigenvalue weighted by Crippen LogP contribution is 2.36. The topological polar surface area (TPSA) is 235 Å². The zero-order chi connectivity index (χ0) is 44.3. The van der Waals surface area contributed by atoms with E-state index in [-0.39, 0.29) is 17.6 Å². The SMILES string of the molecule is CCN(CC)CCNC(=O)c1c(C)[nH]c(/C=C2\C(=O)Nc3ccc(OC(C)C(=O)OC(C)C(=O)OC(C)C(=O)OC(C)C(=O)OC(C)C(=O)OC(C)C(C)=O)cc32)c1C. The molecule has 0 bridgehead atoms. The molecule has 0 fully saturated rings. The lowest BCUT2D eigenvalue weighted by Gasteiger charge is -2.21. The van der Waals surface area contributed by atoms with Gasteiger partial charge in [-0.3, -0.25) is 14.4 Å². The summed E-state index contributed by atoms with van der Waals surface area (Å²) in [4.78, 5) is 105. The minimum Gasteiger partial charge on any atom is -0.479 e. The van der Waals surface area contributed by atoms with Gasteiger partial charge in [-0.1, -0.05) is 13.8 Å². The predicted molar refractivity (Wildman–Crippen MR) is 212 cm³/mol. The standard InChI is InChI=1S/C41H54N4O14/c1-12-45(13-2)17-16-42-36(48)34-20(3)33(43-21(34)4)19-31-30-18-29(14-15-32(30)44-35(31)47)54-24(7)37(49)56-26(9)39(51)58-28(11)41(53)59-27(10)40(52)57-25(8)38(50)55-23(6)22(5)46/h14-15,18-19,23-28,43H,12-13,16-17H2,1-11H3,(H,42,48)(H,44,47)/b31-19-. The molecule has 0 radical (unpaired) electrons. The number of Topliss-reactive ketones (excluding diaryl/α,β-unsaturated/α-hetero) is 1. The molecule has 0 saturated heterocycles. The number of H-pyrrole nitrogens is 1. The first-order chi connectivity index (χ1) is 27.7. The van der Waals surface area contributed by atoms with Crippen molar-refractivity contribution in [2.75, 3.05) is 31.5 Å². The first-order valence-electron chi connectivity index (χ1n) is 19.2. The first kappa shape index (κ1) is 47.3. The summed E-state index contributed by atoms with van der Waals surface area (Å²) in [5, 5.41) is 5.76. The molecule has 6 unspecified atom stereocenters. The Hall–Kier alpha value is -6.04. The third-order valence-electron chi connectivity index (χ3n) is 9.38. The Kier molecular flexibility index (Phi) is 16.9. The van der Waals surface area contributed by atoms with E-state index in [2.05, 4.69) is 34.4 Å². The van der Waals surface area contributed by atoms with Crippen molar-refractivity contribution in [1.82, 2.24) is 15.2 Å². The smallest absolute Gasteiger partial charge is 0.347 e.